The summed E-state index contributed by atoms with van der Waals surface area (Å²) < 4.78 is 5.43. The van der Waals surface area contributed by atoms with Crippen molar-refractivity contribution in [3.05, 3.63) is 70.2 Å². The Balaban J connectivity index is 1.30. The number of fused-ring (bicyclic) bond motifs is 1. The minimum absolute atomic E-state index is 0.0486. The summed E-state index contributed by atoms with van der Waals surface area (Å²) in [4.78, 5) is 34.8. The first-order valence-electron chi connectivity index (χ1n) is 11.4. The van der Waals surface area contributed by atoms with Crippen LogP contribution in [0, 0.1) is 19.8 Å². The molecule has 0 bridgehead atoms. The summed E-state index contributed by atoms with van der Waals surface area (Å²) in [6.07, 6.45) is 1.28. The molecule has 8 heteroatoms. The van der Waals surface area contributed by atoms with Gasteiger partial charge in [0.25, 0.3) is 11.6 Å². The lowest BCUT2D eigenvalue weighted by atomic mass is 9.95. The third kappa shape index (κ3) is 4.46. The topological polar surface area (TPSA) is 88.3 Å². The Labute approximate surface area is 201 Å². The van der Waals surface area contributed by atoms with Gasteiger partial charge < -0.3 is 14.7 Å². The fourth-order valence-electron chi connectivity index (χ4n) is 4.41. The molecule has 1 aliphatic rings. The number of rotatable bonds is 5. The zero-order chi connectivity index (χ0) is 23.7. The number of amides is 2. The molecule has 0 aliphatic carbocycles. The van der Waals surface area contributed by atoms with E-state index in [1.807, 2.05) is 67.3 Å². The molecule has 34 heavy (non-hydrogen) atoms. The number of hydrogen-bond acceptors (Lipinski definition) is 6. The normalized spacial score (nSPS) is 14.5. The van der Waals surface area contributed by atoms with Crippen LogP contribution in [0.15, 0.2) is 53.1 Å². The van der Waals surface area contributed by atoms with Gasteiger partial charge in [-0.3, -0.25) is 9.59 Å². The second-order valence-electron chi connectivity index (χ2n) is 8.68. The van der Waals surface area contributed by atoms with E-state index >= 15 is 0 Å². The van der Waals surface area contributed by atoms with E-state index in [0.29, 0.717) is 60.5 Å². The third-order valence-electron chi connectivity index (χ3n) is 6.30. The van der Waals surface area contributed by atoms with Crippen molar-refractivity contribution in [3.8, 4) is 10.6 Å². The molecule has 1 aromatic carbocycles. The van der Waals surface area contributed by atoms with E-state index < -0.39 is 0 Å². The van der Waals surface area contributed by atoms with E-state index in [4.69, 9.17) is 4.52 Å². The molecule has 0 saturated carbocycles. The minimum atomic E-state index is -0.0906. The highest BCUT2D eigenvalue weighted by Crippen LogP contribution is 2.32. The van der Waals surface area contributed by atoms with Crippen LogP contribution < -0.4 is 5.32 Å². The number of carbonyl (C=O) groups excluding carboxylic acids is 2. The predicted octanol–water partition coefficient (Wildman–Crippen LogP) is 4.74. The summed E-state index contributed by atoms with van der Waals surface area (Å²) in [7, 11) is 0. The van der Waals surface area contributed by atoms with Gasteiger partial charge in [0.2, 0.25) is 5.91 Å². The second-order valence-corrected chi connectivity index (χ2v) is 9.97. The number of likely N-dealkylation sites (tertiary alicyclic amines) is 1. The van der Waals surface area contributed by atoms with Crippen LogP contribution in [0.25, 0.3) is 21.7 Å². The minimum Gasteiger partial charge on any atom is -0.352 e. The zero-order valence-corrected chi connectivity index (χ0v) is 20.0. The van der Waals surface area contributed by atoms with Crippen LogP contribution in [0.1, 0.15) is 39.3 Å². The Kier molecular flexibility index (Phi) is 6.15. The van der Waals surface area contributed by atoms with Gasteiger partial charge in [0.15, 0.2) is 0 Å². The number of hydrogen-bond donors (Lipinski definition) is 1. The van der Waals surface area contributed by atoms with Crippen molar-refractivity contribution in [1.29, 1.82) is 0 Å². The number of aromatic nitrogens is 2. The summed E-state index contributed by atoms with van der Waals surface area (Å²) in [6, 6.07) is 15.8. The van der Waals surface area contributed by atoms with Crippen LogP contribution >= 0.6 is 11.3 Å². The van der Waals surface area contributed by atoms with Crippen LogP contribution in [0.2, 0.25) is 0 Å². The van der Waals surface area contributed by atoms with E-state index in [1.54, 1.807) is 11.3 Å². The number of aryl methyl sites for hydroxylation is 2. The van der Waals surface area contributed by atoms with Crippen molar-refractivity contribution in [2.75, 3.05) is 13.1 Å². The lowest BCUT2D eigenvalue weighted by Crippen LogP contribution is -2.43. The number of nitrogens with zero attached hydrogens (tertiary/aromatic N) is 3. The maximum Gasteiger partial charge on any atom is 0.259 e. The number of benzene rings is 1. The quantitative estimate of drug-likeness (QED) is 0.452. The van der Waals surface area contributed by atoms with Gasteiger partial charge in [-0.25, -0.2) is 4.98 Å². The van der Waals surface area contributed by atoms with Crippen molar-refractivity contribution < 1.29 is 14.1 Å². The van der Waals surface area contributed by atoms with E-state index in [0.717, 1.165) is 10.4 Å². The van der Waals surface area contributed by atoms with Gasteiger partial charge >= 0.3 is 0 Å². The average Bonchev–Trinajstić information content (AvgIpc) is 3.48. The fraction of sp³-hybridized carbons (Fsp3) is 0.308. The summed E-state index contributed by atoms with van der Waals surface area (Å²) in [5, 5.41) is 7.73. The summed E-state index contributed by atoms with van der Waals surface area (Å²) in [6.45, 7) is 5.44. The zero-order valence-electron chi connectivity index (χ0n) is 19.2. The molecule has 4 aromatic rings. The van der Waals surface area contributed by atoms with E-state index in [9.17, 15) is 9.59 Å². The molecule has 0 spiro atoms. The Morgan fingerprint density at radius 2 is 1.88 bits per heavy atom. The molecule has 0 atom stereocenters. The summed E-state index contributed by atoms with van der Waals surface area (Å²) in [5.41, 5.74) is 3.36. The highest BCUT2D eigenvalue weighted by Gasteiger charge is 2.30. The molecule has 1 fully saturated rings. The van der Waals surface area contributed by atoms with Gasteiger partial charge in [0.1, 0.15) is 0 Å². The first kappa shape index (κ1) is 22.3. The Hall–Kier alpha value is -3.52. The molecule has 0 radical (unpaired) electrons. The third-order valence-corrected chi connectivity index (χ3v) is 7.33. The molecule has 5 rings (SSSR count). The van der Waals surface area contributed by atoms with E-state index in [1.165, 1.54) is 4.88 Å². The predicted molar refractivity (Wildman–Crippen MR) is 132 cm³/mol. The number of thiophene rings is 1. The van der Waals surface area contributed by atoms with Crippen molar-refractivity contribution in [2.45, 2.75) is 33.2 Å². The van der Waals surface area contributed by atoms with Crippen molar-refractivity contribution in [3.63, 3.8) is 0 Å². The highest BCUT2D eigenvalue weighted by atomic mass is 32.1. The SMILES string of the molecule is Cc1ccc(-c2cc(C(=O)N3CCC(C(=O)NCc4ccccc4)CC3)c3c(C)noc3n2)s1. The van der Waals surface area contributed by atoms with Gasteiger partial charge in [-0.1, -0.05) is 35.5 Å². The standard InChI is InChI=1S/C26H26N4O3S/c1-16-8-9-22(34-16)21-14-20(23-17(2)29-33-25(23)28-21)26(32)30-12-10-19(11-13-30)24(31)27-15-18-6-4-3-5-7-18/h3-9,14,19H,10-13,15H2,1-2H3,(H,27,31). The molecule has 1 N–H and O–H groups in total. The molecule has 1 aliphatic heterocycles. The fourth-order valence-corrected chi connectivity index (χ4v) is 5.23. The second kappa shape index (κ2) is 9.38. The highest BCUT2D eigenvalue weighted by molar-refractivity contribution is 7.15. The largest absolute Gasteiger partial charge is 0.352 e. The van der Waals surface area contributed by atoms with Crippen LogP contribution in [0.5, 0.6) is 0 Å². The van der Waals surface area contributed by atoms with Crippen LogP contribution in [-0.4, -0.2) is 39.9 Å². The molecular weight excluding hydrogens is 448 g/mol. The summed E-state index contributed by atoms with van der Waals surface area (Å²) in [5.74, 6) is -0.115. The maximum absolute atomic E-state index is 13.6. The molecule has 7 nitrogen and oxygen atoms in total. The average molecular weight is 475 g/mol. The summed E-state index contributed by atoms with van der Waals surface area (Å²) >= 11 is 1.62. The Bertz CT molecular complexity index is 1340. The first-order valence-corrected chi connectivity index (χ1v) is 12.3. The number of carbonyl (C=O) groups is 2. The number of piperidine rings is 1. The van der Waals surface area contributed by atoms with Crippen LogP contribution in [-0.2, 0) is 11.3 Å². The lowest BCUT2D eigenvalue weighted by molar-refractivity contribution is -0.126. The first-order chi connectivity index (χ1) is 16.5. The van der Waals surface area contributed by atoms with Gasteiger partial charge in [0.05, 0.1) is 27.2 Å². The molecule has 1 saturated heterocycles. The molecule has 0 unspecified atom stereocenters. The van der Waals surface area contributed by atoms with Crippen LogP contribution in [0.4, 0.5) is 0 Å². The molecule has 3 aromatic heterocycles. The monoisotopic (exact) mass is 474 g/mol. The van der Waals surface area contributed by atoms with Gasteiger partial charge in [-0.05, 0) is 50.5 Å². The molecule has 4 heterocycles. The van der Waals surface area contributed by atoms with E-state index in [2.05, 4.69) is 15.5 Å². The number of pyridine rings is 1. The number of nitrogens with one attached hydrogen (secondary N) is 1. The Morgan fingerprint density at radius 3 is 2.59 bits per heavy atom. The van der Waals surface area contributed by atoms with Gasteiger partial charge in [-0.15, -0.1) is 11.3 Å². The smallest absolute Gasteiger partial charge is 0.259 e. The Morgan fingerprint density at radius 1 is 1.12 bits per heavy atom. The van der Waals surface area contributed by atoms with Crippen molar-refractivity contribution in [2.24, 2.45) is 5.92 Å². The molecular formula is C26H26N4O3S. The maximum atomic E-state index is 13.6. The van der Waals surface area contributed by atoms with Gasteiger partial charge in [0, 0.05) is 30.4 Å². The van der Waals surface area contributed by atoms with Crippen LogP contribution in [0.3, 0.4) is 0 Å². The van der Waals surface area contributed by atoms with Crippen molar-refractivity contribution >= 4 is 34.3 Å². The van der Waals surface area contributed by atoms with Gasteiger partial charge in [-0.2, -0.15) is 0 Å². The molecule has 174 valence electrons. The molecule has 2 amide bonds. The van der Waals surface area contributed by atoms with Crippen molar-refractivity contribution in [1.82, 2.24) is 20.4 Å². The lowest BCUT2D eigenvalue weighted by Gasteiger charge is -2.31. The van der Waals surface area contributed by atoms with E-state index in [-0.39, 0.29) is 17.7 Å².